The lowest BCUT2D eigenvalue weighted by Crippen LogP contribution is -2.36. The molecule has 10 heteroatoms. The highest BCUT2D eigenvalue weighted by Gasteiger charge is 2.27. The number of esters is 1. The fourth-order valence-corrected chi connectivity index (χ4v) is 4.67. The highest BCUT2D eigenvalue weighted by molar-refractivity contribution is 7.89. The van der Waals surface area contributed by atoms with Gasteiger partial charge in [-0.25, -0.2) is 18.2 Å². The van der Waals surface area contributed by atoms with E-state index in [0.717, 1.165) is 0 Å². The molecule has 2 aromatic rings. The molecule has 0 aliphatic carbocycles. The predicted octanol–water partition coefficient (Wildman–Crippen LogP) is 3.44. The normalized spacial score (nSPS) is 13.7. The maximum Gasteiger partial charge on any atom is 0.343 e. The van der Waals surface area contributed by atoms with E-state index < -0.39 is 21.9 Å². The van der Waals surface area contributed by atoms with Gasteiger partial charge < -0.3 is 15.4 Å². The SMILES string of the molecule is CCOC(=O)C1=C(C)Nc2ccccc2N=C1NC(=O)c1cccc(S(=O)(=O)N(C)C(C)C)c1. The zero-order valence-corrected chi connectivity index (χ0v) is 20.6. The maximum atomic E-state index is 13.2. The van der Waals surface area contributed by atoms with E-state index in [2.05, 4.69) is 15.6 Å². The fourth-order valence-electron chi connectivity index (χ4n) is 3.26. The minimum atomic E-state index is -3.78. The van der Waals surface area contributed by atoms with Crippen LogP contribution < -0.4 is 10.6 Å². The van der Waals surface area contributed by atoms with Crippen LogP contribution in [0.1, 0.15) is 38.1 Å². The zero-order chi connectivity index (χ0) is 25.0. The van der Waals surface area contributed by atoms with Crippen molar-refractivity contribution in [3.05, 3.63) is 65.4 Å². The number of allylic oxidation sites excluding steroid dienone is 1. The van der Waals surface area contributed by atoms with Crippen molar-refractivity contribution in [1.82, 2.24) is 9.62 Å². The lowest BCUT2D eigenvalue weighted by atomic mass is 10.1. The summed E-state index contributed by atoms with van der Waals surface area (Å²) in [6, 6.07) is 12.6. The Kier molecular flexibility index (Phi) is 7.53. The molecular formula is C24H28N4O5S. The molecular weight excluding hydrogens is 456 g/mol. The molecule has 0 saturated carbocycles. The first-order chi connectivity index (χ1) is 16.1. The van der Waals surface area contributed by atoms with Gasteiger partial charge in [0.1, 0.15) is 11.4 Å². The number of hydrogen-bond acceptors (Lipinski definition) is 7. The highest BCUT2D eigenvalue weighted by atomic mass is 32.2. The lowest BCUT2D eigenvalue weighted by Gasteiger charge is -2.21. The molecule has 0 fully saturated rings. The third kappa shape index (κ3) is 5.18. The molecule has 0 bridgehead atoms. The Hall–Kier alpha value is -3.50. The molecule has 3 rings (SSSR count). The number of nitrogens with zero attached hydrogens (tertiary/aromatic N) is 2. The Morgan fingerprint density at radius 3 is 2.53 bits per heavy atom. The average Bonchev–Trinajstić information content (AvgIpc) is 2.93. The van der Waals surface area contributed by atoms with Crippen LogP contribution >= 0.6 is 0 Å². The first-order valence-electron chi connectivity index (χ1n) is 10.8. The molecule has 0 spiro atoms. The summed E-state index contributed by atoms with van der Waals surface area (Å²) >= 11 is 0. The van der Waals surface area contributed by atoms with E-state index in [-0.39, 0.29) is 34.5 Å². The molecule has 34 heavy (non-hydrogen) atoms. The van der Waals surface area contributed by atoms with Gasteiger partial charge in [0.15, 0.2) is 0 Å². The number of carbonyl (C=O) groups is 2. The van der Waals surface area contributed by atoms with Crippen LogP contribution in [0.2, 0.25) is 0 Å². The fraction of sp³-hybridized carbons (Fsp3) is 0.292. The number of hydrogen-bond donors (Lipinski definition) is 2. The zero-order valence-electron chi connectivity index (χ0n) is 19.7. The second-order valence-corrected chi connectivity index (χ2v) is 9.92. The van der Waals surface area contributed by atoms with Gasteiger partial charge in [-0.05, 0) is 58.0 Å². The Bertz CT molecular complexity index is 1280. The van der Waals surface area contributed by atoms with Crippen LogP contribution in [0, 0.1) is 0 Å². The minimum Gasteiger partial charge on any atom is -0.462 e. The van der Waals surface area contributed by atoms with Crippen molar-refractivity contribution in [3.8, 4) is 0 Å². The predicted molar refractivity (Wildman–Crippen MR) is 130 cm³/mol. The number of benzene rings is 2. The lowest BCUT2D eigenvalue weighted by molar-refractivity contribution is -0.137. The maximum absolute atomic E-state index is 13.2. The van der Waals surface area contributed by atoms with Gasteiger partial charge in [-0.2, -0.15) is 4.31 Å². The topological polar surface area (TPSA) is 117 Å². The van der Waals surface area contributed by atoms with Gasteiger partial charge in [0.25, 0.3) is 5.91 Å². The van der Waals surface area contributed by atoms with Gasteiger partial charge in [0.05, 0.1) is 22.9 Å². The molecule has 1 amide bonds. The Morgan fingerprint density at radius 1 is 1.15 bits per heavy atom. The molecule has 1 heterocycles. The molecule has 1 aliphatic rings. The molecule has 180 valence electrons. The molecule has 2 N–H and O–H groups in total. The molecule has 2 aromatic carbocycles. The minimum absolute atomic E-state index is 0.00552. The van der Waals surface area contributed by atoms with Crippen molar-refractivity contribution in [2.24, 2.45) is 4.99 Å². The number of anilines is 1. The smallest absolute Gasteiger partial charge is 0.343 e. The number of aliphatic imine (C=N–C) groups is 1. The van der Waals surface area contributed by atoms with Crippen LogP contribution in [0.3, 0.4) is 0 Å². The van der Waals surface area contributed by atoms with Gasteiger partial charge in [-0.3, -0.25) is 4.79 Å². The van der Waals surface area contributed by atoms with Crippen molar-refractivity contribution < 1.29 is 22.7 Å². The first kappa shape index (κ1) is 25.1. The standard InChI is InChI=1S/C24H28N4O5S/c1-6-33-24(30)21-16(4)25-19-12-7-8-13-20(19)26-22(21)27-23(29)17-10-9-11-18(14-17)34(31,32)28(5)15(2)3/h7-15,25H,6H2,1-5H3,(H,26,27,29). The van der Waals surface area contributed by atoms with Crippen LogP contribution in [-0.2, 0) is 19.6 Å². The van der Waals surface area contributed by atoms with Gasteiger partial charge in [0.2, 0.25) is 10.0 Å². The van der Waals surface area contributed by atoms with Crippen LogP contribution in [0.15, 0.2) is 69.7 Å². The number of sulfonamides is 1. The Balaban J connectivity index is 2.01. The number of fused-ring (bicyclic) bond motifs is 1. The average molecular weight is 485 g/mol. The van der Waals surface area contributed by atoms with Crippen molar-refractivity contribution in [1.29, 1.82) is 0 Å². The molecule has 1 aliphatic heterocycles. The van der Waals surface area contributed by atoms with E-state index in [4.69, 9.17) is 4.74 Å². The molecule has 0 radical (unpaired) electrons. The van der Waals surface area contributed by atoms with E-state index in [9.17, 15) is 18.0 Å². The van der Waals surface area contributed by atoms with Crippen molar-refractivity contribution in [3.63, 3.8) is 0 Å². The Morgan fingerprint density at radius 2 is 1.85 bits per heavy atom. The Labute approximate surface area is 199 Å². The summed E-state index contributed by atoms with van der Waals surface area (Å²) in [7, 11) is -2.30. The molecule has 0 saturated heterocycles. The second-order valence-electron chi connectivity index (χ2n) is 7.92. The number of ether oxygens (including phenoxy) is 1. The number of nitrogens with one attached hydrogen (secondary N) is 2. The van der Waals surface area contributed by atoms with E-state index in [1.54, 1.807) is 45.9 Å². The molecule has 9 nitrogen and oxygen atoms in total. The van der Waals surface area contributed by atoms with Crippen LogP contribution in [-0.4, -0.2) is 50.1 Å². The van der Waals surface area contributed by atoms with E-state index in [0.29, 0.717) is 17.1 Å². The molecule has 0 aromatic heterocycles. The third-order valence-corrected chi connectivity index (χ3v) is 7.31. The van der Waals surface area contributed by atoms with E-state index >= 15 is 0 Å². The third-order valence-electron chi connectivity index (χ3n) is 5.28. The van der Waals surface area contributed by atoms with E-state index in [1.165, 1.54) is 35.6 Å². The largest absolute Gasteiger partial charge is 0.462 e. The summed E-state index contributed by atoms with van der Waals surface area (Å²) in [6.45, 7) is 7.03. The van der Waals surface area contributed by atoms with Crippen molar-refractivity contribution in [2.75, 3.05) is 19.0 Å². The van der Waals surface area contributed by atoms with E-state index in [1.807, 2.05) is 6.07 Å². The summed E-state index contributed by atoms with van der Waals surface area (Å²) in [5.74, 6) is -1.25. The van der Waals surface area contributed by atoms with Crippen LogP contribution in [0.5, 0.6) is 0 Å². The van der Waals surface area contributed by atoms with Gasteiger partial charge in [-0.1, -0.05) is 18.2 Å². The summed E-state index contributed by atoms with van der Waals surface area (Å²) in [5, 5.41) is 5.81. The number of rotatable bonds is 6. The van der Waals surface area contributed by atoms with Gasteiger partial charge in [-0.15, -0.1) is 0 Å². The second kappa shape index (κ2) is 10.2. The summed E-state index contributed by atoms with van der Waals surface area (Å²) in [5.41, 5.74) is 1.82. The summed E-state index contributed by atoms with van der Waals surface area (Å²) in [6.07, 6.45) is 0. The first-order valence-corrected chi connectivity index (χ1v) is 12.2. The van der Waals surface area contributed by atoms with Gasteiger partial charge >= 0.3 is 5.97 Å². The summed E-state index contributed by atoms with van der Waals surface area (Å²) < 4.78 is 32.2. The molecule has 0 unspecified atom stereocenters. The highest BCUT2D eigenvalue weighted by Crippen LogP contribution is 2.30. The monoisotopic (exact) mass is 484 g/mol. The quantitative estimate of drug-likeness (QED) is 0.607. The van der Waals surface area contributed by atoms with Crippen molar-refractivity contribution in [2.45, 2.75) is 38.6 Å². The van der Waals surface area contributed by atoms with Crippen LogP contribution in [0.4, 0.5) is 11.4 Å². The summed E-state index contributed by atoms with van der Waals surface area (Å²) in [4.78, 5) is 30.4. The number of para-hydroxylation sites is 2. The number of carbonyl (C=O) groups excluding carboxylic acids is 2. The number of amidine groups is 1. The number of amides is 1. The molecule has 0 atom stereocenters. The van der Waals surface area contributed by atoms with Gasteiger partial charge in [0, 0.05) is 24.4 Å². The van der Waals surface area contributed by atoms with Crippen LogP contribution in [0.25, 0.3) is 0 Å². The van der Waals surface area contributed by atoms with Crippen molar-refractivity contribution >= 4 is 39.1 Å².